The highest BCUT2D eigenvalue weighted by atomic mass is 16.6. The van der Waals surface area contributed by atoms with E-state index in [2.05, 4.69) is 6.58 Å². The molecule has 5 nitrogen and oxygen atoms in total. The molecule has 1 aliphatic rings. The lowest BCUT2D eigenvalue weighted by atomic mass is 9.97. The van der Waals surface area contributed by atoms with Crippen molar-refractivity contribution in [1.82, 2.24) is 4.90 Å². The predicted molar refractivity (Wildman–Crippen MR) is 77.3 cm³/mol. The second-order valence-electron chi connectivity index (χ2n) is 6.76. The van der Waals surface area contributed by atoms with E-state index in [1.165, 1.54) is 4.90 Å². The monoisotopic (exact) mass is 285 g/mol. The van der Waals surface area contributed by atoms with E-state index in [1.807, 2.05) is 27.7 Å². The summed E-state index contributed by atoms with van der Waals surface area (Å²) in [5.74, 6) is -0.137. The number of carbonyl (C=O) groups excluding carboxylic acids is 1. The lowest BCUT2D eigenvalue weighted by Gasteiger charge is -2.37. The van der Waals surface area contributed by atoms with Crippen LogP contribution in [-0.2, 0) is 9.47 Å². The Bertz CT molecular complexity index is 373. The fourth-order valence-corrected chi connectivity index (χ4v) is 2.24. The minimum Gasteiger partial charge on any atom is -0.444 e. The van der Waals surface area contributed by atoms with Crippen molar-refractivity contribution in [2.75, 3.05) is 6.61 Å². The van der Waals surface area contributed by atoms with Gasteiger partial charge in [0.25, 0.3) is 0 Å². The van der Waals surface area contributed by atoms with Gasteiger partial charge in [-0.25, -0.2) is 4.79 Å². The Morgan fingerprint density at radius 1 is 1.55 bits per heavy atom. The summed E-state index contributed by atoms with van der Waals surface area (Å²) in [6, 6.07) is -0.437. The summed E-state index contributed by atoms with van der Waals surface area (Å²) in [5, 5.41) is 10.4. The average molecular weight is 285 g/mol. The van der Waals surface area contributed by atoms with Crippen molar-refractivity contribution < 1.29 is 19.4 Å². The second kappa shape index (κ2) is 5.74. The number of aliphatic hydroxyl groups is 1. The Morgan fingerprint density at radius 3 is 2.55 bits per heavy atom. The third-order valence-corrected chi connectivity index (χ3v) is 3.41. The minimum atomic E-state index is -0.797. The molecule has 1 amide bonds. The van der Waals surface area contributed by atoms with E-state index in [0.29, 0.717) is 0 Å². The van der Waals surface area contributed by atoms with E-state index in [9.17, 15) is 9.90 Å². The Kier molecular flexibility index (Phi) is 4.87. The Morgan fingerprint density at radius 2 is 2.10 bits per heavy atom. The number of amides is 1. The first-order valence-electron chi connectivity index (χ1n) is 6.96. The van der Waals surface area contributed by atoms with Crippen LogP contribution in [0.5, 0.6) is 0 Å². The van der Waals surface area contributed by atoms with E-state index >= 15 is 0 Å². The highest BCUT2D eigenvalue weighted by Gasteiger charge is 2.48. The third-order valence-electron chi connectivity index (χ3n) is 3.41. The third kappa shape index (κ3) is 3.73. The SMILES string of the molecule is C=C[C@H](C)[C@@H](O)[C@H]1COC(C)(C)N1C(=O)OC(C)(C)C. The molecule has 0 aromatic heterocycles. The van der Waals surface area contributed by atoms with Gasteiger partial charge in [-0.05, 0) is 34.6 Å². The molecular formula is C15H27NO4. The highest BCUT2D eigenvalue weighted by molar-refractivity contribution is 5.70. The van der Waals surface area contributed by atoms with Crippen LogP contribution in [0.15, 0.2) is 12.7 Å². The number of carbonyl (C=O) groups is 1. The molecule has 5 heteroatoms. The Hall–Kier alpha value is -1.07. The number of nitrogens with zero attached hydrogens (tertiary/aromatic N) is 1. The van der Waals surface area contributed by atoms with Gasteiger partial charge in [-0.1, -0.05) is 13.0 Å². The summed E-state index contributed by atoms with van der Waals surface area (Å²) >= 11 is 0. The summed E-state index contributed by atoms with van der Waals surface area (Å²) in [6.07, 6.45) is 0.464. The van der Waals surface area contributed by atoms with Gasteiger partial charge in [0.2, 0.25) is 0 Å². The smallest absolute Gasteiger partial charge is 0.412 e. The first kappa shape index (κ1) is 17.0. The maximum atomic E-state index is 12.4. The molecule has 3 atom stereocenters. The van der Waals surface area contributed by atoms with Crippen LogP contribution in [0, 0.1) is 5.92 Å². The van der Waals surface area contributed by atoms with Crippen molar-refractivity contribution in [3.63, 3.8) is 0 Å². The van der Waals surface area contributed by atoms with Crippen LogP contribution in [0.2, 0.25) is 0 Å². The number of ether oxygens (including phenoxy) is 2. The quantitative estimate of drug-likeness (QED) is 0.810. The van der Waals surface area contributed by atoms with Crippen LogP contribution >= 0.6 is 0 Å². The first-order chi connectivity index (χ1) is 8.99. The summed E-state index contributed by atoms with van der Waals surface area (Å²) in [5.41, 5.74) is -1.38. The number of hydrogen-bond acceptors (Lipinski definition) is 4. The predicted octanol–water partition coefficient (Wildman–Crippen LogP) is 2.54. The van der Waals surface area contributed by atoms with Crippen LogP contribution in [0.1, 0.15) is 41.5 Å². The molecule has 20 heavy (non-hydrogen) atoms. The van der Waals surface area contributed by atoms with E-state index in [0.717, 1.165) is 0 Å². The number of aliphatic hydroxyl groups excluding tert-OH is 1. The second-order valence-corrected chi connectivity index (χ2v) is 6.76. The standard InChI is InChI=1S/C15H27NO4/c1-8-10(2)12(17)11-9-19-15(6,7)16(11)13(18)20-14(3,4)5/h8,10-12,17H,1,9H2,2-7H3/t10-,11+,12+/m0/s1. The zero-order valence-electron chi connectivity index (χ0n) is 13.3. The number of hydrogen-bond donors (Lipinski definition) is 1. The minimum absolute atomic E-state index is 0.137. The van der Waals surface area contributed by atoms with Crippen molar-refractivity contribution in [2.45, 2.75) is 65.0 Å². The molecule has 1 heterocycles. The van der Waals surface area contributed by atoms with Crippen molar-refractivity contribution in [2.24, 2.45) is 5.92 Å². The van der Waals surface area contributed by atoms with Gasteiger partial charge in [0, 0.05) is 5.92 Å². The molecule has 0 unspecified atom stereocenters. The molecule has 0 saturated carbocycles. The van der Waals surface area contributed by atoms with Crippen LogP contribution in [0.3, 0.4) is 0 Å². The van der Waals surface area contributed by atoms with Gasteiger partial charge < -0.3 is 14.6 Å². The summed E-state index contributed by atoms with van der Waals surface area (Å²) in [7, 11) is 0. The highest BCUT2D eigenvalue weighted by Crippen LogP contribution is 2.32. The van der Waals surface area contributed by atoms with Gasteiger partial charge in [0.05, 0.1) is 18.8 Å². The van der Waals surface area contributed by atoms with E-state index in [4.69, 9.17) is 9.47 Å². The van der Waals surface area contributed by atoms with E-state index < -0.39 is 29.6 Å². The summed E-state index contributed by atoms with van der Waals surface area (Å²) < 4.78 is 11.1. The zero-order chi connectivity index (χ0) is 15.7. The lowest BCUT2D eigenvalue weighted by molar-refractivity contribution is -0.0692. The molecule has 1 saturated heterocycles. The molecule has 0 radical (unpaired) electrons. The molecule has 1 fully saturated rings. The first-order valence-corrected chi connectivity index (χ1v) is 6.96. The van der Waals surface area contributed by atoms with Crippen LogP contribution < -0.4 is 0 Å². The van der Waals surface area contributed by atoms with E-state index in [-0.39, 0.29) is 12.5 Å². The van der Waals surface area contributed by atoms with Gasteiger partial charge in [0.15, 0.2) is 0 Å². The maximum absolute atomic E-state index is 12.4. The van der Waals surface area contributed by atoms with Crippen molar-refractivity contribution in [3.05, 3.63) is 12.7 Å². The largest absolute Gasteiger partial charge is 0.444 e. The molecule has 0 aliphatic carbocycles. The van der Waals surface area contributed by atoms with Crippen LogP contribution in [0.4, 0.5) is 4.79 Å². The van der Waals surface area contributed by atoms with Gasteiger partial charge >= 0.3 is 6.09 Å². The zero-order valence-corrected chi connectivity index (χ0v) is 13.3. The van der Waals surface area contributed by atoms with Gasteiger partial charge in [-0.15, -0.1) is 6.58 Å². The molecule has 1 rings (SSSR count). The normalized spacial score (nSPS) is 25.1. The van der Waals surface area contributed by atoms with E-state index in [1.54, 1.807) is 19.9 Å². The van der Waals surface area contributed by atoms with Crippen molar-refractivity contribution >= 4 is 6.09 Å². The molecule has 0 aromatic rings. The van der Waals surface area contributed by atoms with Gasteiger partial charge in [-0.2, -0.15) is 0 Å². The molecular weight excluding hydrogens is 258 g/mol. The maximum Gasteiger partial charge on any atom is 0.412 e. The molecule has 0 bridgehead atoms. The molecule has 0 spiro atoms. The lowest BCUT2D eigenvalue weighted by Crippen LogP contribution is -2.54. The van der Waals surface area contributed by atoms with Crippen LogP contribution in [0.25, 0.3) is 0 Å². The fraction of sp³-hybridized carbons (Fsp3) is 0.800. The van der Waals surface area contributed by atoms with Gasteiger partial charge in [-0.3, -0.25) is 4.90 Å². The number of rotatable bonds is 3. The molecule has 1 N–H and O–H groups in total. The Labute approximate surface area is 121 Å². The molecule has 0 aromatic carbocycles. The molecule has 116 valence electrons. The van der Waals surface area contributed by atoms with Crippen molar-refractivity contribution in [1.29, 1.82) is 0 Å². The topological polar surface area (TPSA) is 59.0 Å². The van der Waals surface area contributed by atoms with Crippen molar-refractivity contribution in [3.8, 4) is 0 Å². The molecule has 1 aliphatic heterocycles. The summed E-state index contributed by atoms with van der Waals surface area (Å²) in [4.78, 5) is 13.9. The van der Waals surface area contributed by atoms with Gasteiger partial charge in [0.1, 0.15) is 11.3 Å². The van der Waals surface area contributed by atoms with Crippen LogP contribution in [-0.4, -0.2) is 46.2 Å². The average Bonchev–Trinajstić information content (AvgIpc) is 2.60. The fourth-order valence-electron chi connectivity index (χ4n) is 2.24. The Balaban J connectivity index is 2.96. The summed E-state index contributed by atoms with van der Waals surface area (Å²) in [6.45, 7) is 14.8.